The zero-order valence-corrected chi connectivity index (χ0v) is 10.4. The Morgan fingerprint density at radius 1 is 1.59 bits per heavy atom. The molecule has 4 nitrogen and oxygen atoms in total. The molecule has 0 heterocycles. The van der Waals surface area contributed by atoms with E-state index < -0.39 is 22.5 Å². The molecule has 2 N–H and O–H groups in total. The van der Waals surface area contributed by atoms with Crippen LogP contribution in [0.4, 0.5) is 4.39 Å². The lowest BCUT2D eigenvalue weighted by atomic mass is 10.1. The second-order valence-electron chi connectivity index (χ2n) is 3.78. The molecule has 0 saturated heterocycles. The van der Waals surface area contributed by atoms with Crippen LogP contribution in [0.1, 0.15) is 17.3 Å². The molecule has 1 amide bonds. The molecule has 1 aromatic carbocycles. The van der Waals surface area contributed by atoms with Crippen LogP contribution in [0.3, 0.4) is 0 Å². The van der Waals surface area contributed by atoms with Gasteiger partial charge in [-0.15, -0.1) is 0 Å². The Kier molecular flexibility index (Phi) is 4.62. The minimum Gasteiger partial charge on any atom is -0.507 e. The maximum Gasteiger partial charge on any atom is 0.255 e. The highest BCUT2D eigenvalue weighted by Gasteiger charge is 2.15. The van der Waals surface area contributed by atoms with Crippen LogP contribution in [0.15, 0.2) is 18.2 Å². The molecule has 0 bridgehead atoms. The number of hydrogen-bond acceptors (Lipinski definition) is 3. The summed E-state index contributed by atoms with van der Waals surface area (Å²) < 4.78 is 23.9. The lowest BCUT2D eigenvalue weighted by Gasteiger charge is -2.13. The van der Waals surface area contributed by atoms with Gasteiger partial charge in [0, 0.05) is 28.9 Å². The third-order valence-corrected chi connectivity index (χ3v) is 3.03. The zero-order valence-electron chi connectivity index (χ0n) is 9.57. The fourth-order valence-electron chi connectivity index (χ4n) is 1.39. The van der Waals surface area contributed by atoms with E-state index in [9.17, 15) is 18.5 Å². The van der Waals surface area contributed by atoms with Gasteiger partial charge in [-0.05, 0) is 25.1 Å². The number of benzene rings is 1. The maximum atomic E-state index is 12.9. The van der Waals surface area contributed by atoms with Gasteiger partial charge >= 0.3 is 0 Å². The monoisotopic (exact) mass is 259 g/mol. The Morgan fingerprint density at radius 2 is 2.24 bits per heavy atom. The number of halogens is 1. The SMILES string of the molecule is CC(CS(C)=O)NC(=O)c1cc(F)ccc1O. The molecule has 2 atom stereocenters. The summed E-state index contributed by atoms with van der Waals surface area (Å²) in [6, 6.07) is 2.83. The van der Waals surface area contributed by atoms with Crippen molar-refractivity contribution in [2.45, 2.75) is 13.0 Å². The molecular formula is C11H14FNO3S. The molecule has 0 radical (unpaired) electrons. The predicted octanol–water partition coefficient (Wildman–Crippen LogP) is 1.03. The van der Waals surface area contributed by atoms with Gasteiger partial charge < -0.3 is 10.4 Å². The highest BCUT2D eigenvalue weighted by molar-refractivity contribution is 7.84. The first-order chi connectivity index (χ1) is 7.90. The van der Waals surface area contributed by atoms with Crippen molar-refractivity contribution in [1.29, 1.82) is 0 Å². The number of carbonyl (C=O) groups excluding carboxylic acids is 1. The van der Waals surface area contributed by atoms with E-state index in [1.807, 2.05) is 0 Å². The van der Waals surface area contributed by atoms with Crippen LogP contribution in [-0.2, 0) is 10.8 Å². The number of phenolic OH excluding ortho intramolecular Hbond substituents is 1. The molecular weight excluding hydrogens is 245 g/mol. The largest absolute Gasteiger partial charge is 0.507 e. The van der Waals surface area contributed by atoms with E-state index in [0.29, 0.717) is 5.75 Å². The van der Waals surface area contributed by atoms with Gasteiger partial charge in [-0.2, -0.15) is 0 Å². The third-order valence-electron chi connectivity index (χ3n) is 2.07. The van der Waals surface area contributed by atoms with Crippen molar-refractivity contribution in [1.82, 2.24) is 5.32 Å². The fourth-order valence-corrected chi connectivity index (χ4v) is 2.17. The quantitative estimate of drug-likeness (QED) is 0.848. The van der Waals surface area contributed by atoms with E-state index in [4.69, 9.17) is 0 Å². The maximum absolute atomic E-state index is 12.9. The van der Waals surface area contributed by atoms with Crippen LogP contribution >= 0.6 is 0 Å². The van der Waals surface area contributed by atoms with E-state index in [-0.39, 0.29) is 17.4 Å². The van der Waals surface area contributed by atoms with Crippen molar-refractivity contribution >= 4 is 16.7 Å². The van der Waals surface area contributed by atoms with Crippen molar-refractivity contribution < 1.29 is 18.5 Å². The minimum absolute atomic E-state index is 0.126. The van der Waals surface area contributed by atoms with Gasteiger partial charge in [0.05, 0.1) is 5.56 Å². The fraction of sp³-hybridized carbons (Fsp3) is 0.364. The molecule has 6 heteroatoms. The summed E-state index contributed by atoms with van der Waals surface area (Å²) in [5, 5.41) is 11.9. The summed E-state index contributed by atoms with van der Waals surface area (Å²) in [6.45, 7) is 1.69. The van der Waals surface area contributed by atoms with Gasteiger partial charge in [-0.1, -0.05) is 0 Å². The lowest BCUT2D eigenvalue weighted by molar-refractivity contribution is 0.0940. The molecule has 0 fully saturated rings. The summed E-state index contributed by atoms with van der Waals surface area (Å²) in [4.78, 5) is 11.7. The van der Waals surface area contributed by atoms with Gasteiger partial charge in [0.25, 0.3) is 5.91 Å². The summed E-state index contributed by atoms with van der Waals surface area (Å²) in [5.41, 5.74) is -0.126. The van der Waals surface area contributed by atoms with Gasteiger partial charge in [-0.25, -0.2) is 4.39 Å². The molecule has 17 heavy (non-hydrogen) atoms. The average Bonchev–Trinajstić information content (AvgIpc) is 2.20. The van der Waals surface area contributed by atoms with Crippen LogP contribution < -0.4 is 5.32 Å². The van der Waals surface area contributed by atoms with E-state index >= 15 is 0 Å². The first-order valence-corrected chi connectivity index (χ1v) is 6.72. The first-order valence-electron chi connectivity index (χ1n) is 4.99. The molecule has 94 valence electrons. The van der Waals surface area contributed by atoms with Gasteiger partial charge in [0.1, 0.15) is 11.6 Å². The van der Waals surface area contributed by atoms with E-state index in [1.54, 1.807) is 6.92 Å². The molecule has 1 aromatic rings. The minimum atomic E-state index is -1.03. The molecule has 0 aromatic heterocycles. The summed E-state index contributed by atoms with van der Waals surface area (Å²) >= 11 is 0. The summed E-state index contributed by atoms with van der Waals surface area (Å²) in [7, 11) is -1.03. The Balaban J connectivity index is 2.76. The number of aromatic hydroxyl groups is 1. The Hall–Kier alpha value is -1.43. The van der Waals surface area contributed by atoms with Crippen molar-refractivity contribution in [3.05, 3.63) is 29.6 Å². The highest BCUT2D eigenvalue weighted by Crippen LogP contribution is 2.17. The second kappa shape index (κ2) is 5.77. The van der Waals surface area contributed by atoms with Crippen LogP contribution in [0.25, 0.3) is 0 Å². The van der Waals surface area contributed by atoms with Crippen molar-refractivity contribution in [2.75, 3.05) is 12.0 Å². The molecule has 0 aliphatic rings. The normalized spacial score (nSPS) is 14.1. The summed E-state index contributed by atoms with van der Waals surface area (Å²) in [5.74, 6) is -1.16. The predicted molar refractivity (Wildman–Crippen MR) is 63.9 cm³/mol. The molecule has 1 rings (SSSR count). The van der Waals surface area contributed by atoms with Crippen molar-refractivity contribution in [3.8, 4) is 5.75 Å². The number of rotatable bonds is 4. The molecule has 0 spiro atoms. The second-order valence-corrected chi connectivity index (χ2v) is 5.26. The van der Waals surface area contributed by atoms with Crippen LogP contribution in [-0.4, -0.2) is 33.3 Å². The Morgan fingerprint density at radius 3 is 2.82 bits per heavy atom. The van der Waals surface area contributed by atoms with Crippen LogP contribution in [0.5, 0.6) is 5.75 Å². The number of phenols is 1. The van der Waals surface area contributed by atoms with Crippen molar-refractivity contribution in [3.63, 3.8) is 0 Å². The Bertz CT molecular complexity index is 450. The standard InChI is InChI=1S/C11H14FNO3S/c1-7(6-17(2)16)13-11(15)9-5-8(12)3-4-10(9)14/h3-5,7,14H,6H2,1-2H3,(H,13,15). The average molecular weight is 259 g/mol. The highest BCUT2D eigenvalue weighted by atomic mass is 32.2. The molecule has 0 saturated carbocycles. The molecule has 0 aliphatic heterocycles. The summed E-state index contributed by atoms with van der Waals surface area (Å²) in [6.07, 6.45) is 1.53. The number of nitrogens with one attached hydrogen (secondary N) is 1. The van der Waals surface area contributed by atoms with Crippen LogP contribution in [0, 0.1) is 5.82 Å². The smallest absolute Gasteiger partial charge is 0.255 e. The van der Waals surface area contributed by atoms with Crippen LogP contribution in [0.2, 0.25) is 0 Å². The van der Waals surface area contributed by atoms with Gasteiger partial charge in [-0.3, -0.25) is 9.00 Å². The van der Waals surface area contributed by atoms with E-state index in [0.717, 1.165) is 18.2 Å². The first kappa shape index (κ1) is 13.6. The number of hydrogen-bond donors (Lipinski definition) is 2. The van der Waals surface area contributed by atoms with Crippen molar-refractivity contribution in [2.24, 2.45) is 0 Å². The van der Waals surface area contributed by atoms with Gasteiger partial charge in [0.2, 0.25) is 0 Å². The topological polar surface area (TPSA) is 66.4 Å². The van der Waals surface area contributed by atoms with E-state index in [1.165, 1.54) is 6.26 Å². The Labute approximate surface area is 101 Å². The number of amides is 1. The van der Waals surface area contributed by atoms with E-state index in [2.05, 4.69) is 5.32 Å². The lowest BCUT2D eigenvalue weighted by Crippen LogP contribution is -2.36. The number of carbonyl (C=O) groups is 1. The molecule has 0 aliphatic carbocycles. The third kappa shape index (κ3) is 4.14. The van der Waals surface area contributed by atoms with Gasteiger partial charge in [0.15, 0.2) is 0 Å². The molecule has 2 unspecified atom stereocenters. The zero-order chi connectivity index (χ0) is 13.0.